The molecule has 7 heteroatoms. The van der Waals surface area contributed by atoms with Crippen molar-refractivity contribution in [1.82, 2.24) is 24.5 Å². The number of hydrogen-bond acceptors (Lipinski definition) is 5. The maximum atomic E-state index is 13.2. The van der Waals surface area contributed by atoms with Crippen LogP contribution in [0.25, 0.3) is 0 Å². The molecule has 1 aromatic rings. The maximum Gasteiger partial charge on any atom is 0.244 e. The van der Waals surface area contributed by atoms with Crippen molar-refractivity contribution in [3.05, 3.63) is 18.0 Å². The number of piperidine rings is 1. The zero-order chi connectivity index (χ0) is 20.6. The Kier molecular flexibility index (Phi) is 8.51. The minimum absolute atomic E-state index is 0.206. The summed E-state index contributed by atoms with van der Waals surface area (Å²) in [5, 5.41) is 4.42. The molecule has 29 heavy (non-hydrogen) atoms. The van der Waals surface area contributed by atoms with Gasteiger partial charge in [0, 0.05) is 39.0 Å². The number of rotatable bonds is 10. The van der Waals surface area contributed by atoms with Crippen LogP contribution in [0.2, 0.25) is 0 Å². The lowest BCUT2D eigenvalue weighted by atomic mass is 9.95. The second kappa shape index (κ2) is 11.1. The Hall–Kier alpha value is -1.44. The molecule has 0 N–H and O–H groups in total. The number of carbonyl (C=O) groups is 1. The summed E-state index contributed by atoms with van der Waals surface area (Å²) in [5.74, 6) is 0.798. The van der Waals surface area contributed by atoms with Gasteiger partial charge in [0.1, 0.15) is 6.54 Å². The third-order valence-corrected chi connectivity index (χ3v) is 6.56. The second-order valence-corrected chi connectivity index (χ2v) is 8.66. The molecule has 1 atom stereocenters. The lowest BCUT2D eigenvalue weighted by Gasteiger charge is -2.36. The predicted octanol–water partition coefficient (Wildman–Crippen LogP) is 1.86. The monoisotopic (exact) mass is 405 g/mol. The Bertz CT molecular complexity index is 626. The lowest BCUT2D eigenvalue weighted by molar-refractivity contribution is -0.133. The quantitative estimate of drug-likeness (QED) is 0.595. The van der Waals surface area contributed by atoms with Gasteiger partial charge in [-0.2, -0.15) is 5.10 Å². The molecule has 1 amide bonds. The third kappa shape index (κ3) is 6.52. The lowest BCUT2D eigenvalue weighted by Crippen LogP contribution is -2.47. The fourth-order valence-electron chi connectivity index (χ4n) is 4.77. The highest BCUT2D eigenvalue weighted by Crippen LogP contribution is 2.22. The molecular formula is C22H39N5O2. The van der Waals surface area contributed by atoms with Gasteiger partial charge >= 0.3 is 0 Å². The van der Waals surface area contributed by atoms with E-state index in [0.717, 1.165) is 64.4 Å². The number of hydrogen-bond donors (Lipinski definition) is 0. The van der Waals surface area contributed by atoms with Crippen LogP contribution in [0, 0.1) is 12.8 Å². The summed E-state index contributed by atoms with van der Waals surface area (Å²) in [4.78, 5) is 20.4. The molecule has 0 unspecified atom stereocenters. The number of ether oxygens (including phenoxy) is 1. The van der Waals surface area contributed by atoms with Gasteiger partial charge in [-0.15, -0.1) is 0 Å². The van der Waals surface area contributed by atoms with E-state index >= 15 is 0 Å². The van der Waals surface area contributed by atoms with Crippen LogP contribution in [0.5, 0.6) is 0 Å². The first kappa shape index (κ1) is 22.2. The first-order valence-electron chi connectivity index (χ1n) is 11.3. The van der Waals surface area contributed by atoms with E-state index in [2.05, 4.69) is 26.7 Å². The molecule has 1 aromatic heterocycles. The van der Waals surface area contributed by atoms with Gasteiger partial charge in [0.15, 0.2) is 0 Å². The number of likely N-dealkylation sites (tertiary alicyclic amines) is 2. The molecule has 3 heterocycles. The van der Waals surface area contributed by atoms with Crippen molar-refractivity contribution >= 4 is 5.91 Å². The normalized spacial score (nSPS) is 21.7. The van der Waals surface area contributed by atoms with E-state index in [0.29, 0.717) is 18.5 Å². The van der Waals surface area contributed by atoms with Crippen molar-refractivity contribution in [3.8, 4) is 0 Å². The van der Waals surface area contributed by atoms with E-state index in [1.165, 1.54) is 19.4 Å². The van der Waals surface area contributed by atoms with Gasteiger partial charge in [0.2, 0.25) is 5.91 Å². The van der Waals surface area contributed by atoms with Gasteiger partial charge in [0.25, 0.3) is 0 Å². The maximum absolute atomic E-state index is 13.2. The zero-order valence-corrected chi connectivity index (χ0v) is 18.6. The van der Waals surface area contributed by atoms with Crippen molar-refractivity contribution < 1.29 is 9.53 Å². The molecule has 3 rings (SSSR count). The van der Waals surface area contributed by atoms with Crippen LogP contribution in [-0.4, -0.2) is 96.0 Å². The fourth-order valence-corrected chi connectivity index (χ4v) is 4.77. The summed E-state index contributed by atoms with van der Waals surface area (Å²) in [7, 11) is 1.76. The molecule has 164 valence electrons. The number of nitrogens with zero attached hydrogens (tertiary/aromatic N) is 5. The average molecular weight is 406 g/mol. The van der Waals surface area contributed by atoms with Crippen LogP contribution in [-0.2, 0) is 16.1 Å². The van der Waals surface area contributed by atoms with Crippen LogP contribution in [0.1, 0.15) is 38.3 Å². The number of aryl methyl sites for hydroxylation is 1. The van der Waals surface area contributed by atoms with Gasteiger partial charge in [-0.05, 0) is 70.8 Å². The molecule has 2 aliphatic rings. The average Bonchev–Trinajstić information content (AvgIpc) is 3.35. The summed E-state index contributed by atoms with van der Waals surface area (Å²) < 4.78 is 7.00. The van der Waals surface area contributed by atoms with E-state index < -0.39 is 0 Å². The SMILES string of the molecule is CCN1CCC[C@@H]1CN(CC1CCN(CCOC)CC1)C(=O)Cn1ccc(C)n1. The Morgan fingerprint density at radius 1 is 1.24 bits per heavy atom. The summed E-state index contributed by atoms with van der Waals surface area (Å²) >= 11 is 0. The first-order chi connectivity index (χ1) is 14.1. The standard InChI is InChI=1S/C22H39N5O2/c1-4-25-10-5-6-21(25)17-26(22(28)18-27-13-7-19(2)23-27)16-20-8-11-24(12-9-20)14-15-29-3/h7,13,20-21H,4-6,8-12,14-18H2,1-3H3/t21-/m1/s1. The highest BCUT2D eigenvalue weighted by atomic mass is 16.5. The van der Waals surface area contributed by atoms with Crippen molar-refractivity contribution in [2.45, 2.75) is 52.1 Å². The minimum Gasteiger partial charge on any atom is -0.383 e. The number of carbonyl (C=O) groups excluding carboxylic acids is 1. The highest BCUT2D eigenvalue weighted by Gasteiger charge is 2.29. The Labute approximate surface area is 176 Å². The molecule has 0 saturated carbocycles. The van der Waals surface area contributed by atoms with Gasteiger partial charge in [0.05, 0.1) is 12.3 Å². The molecule has 2 fully saturated rings. The van der Waals surface area contributed by atoms with Crippen LogP contribution in [0.15, 0.2) is 12.3 Å². The van der Waals surface area contributed by atoms with E-state index in [1.54, 1.807) is 11.8 Å². The van der Waals surface area contributed by atoms with Crippen molar-refractivity contribution in [2.24, 2.45) is 5.92 Å². The summed E-state index contributed by atoms with van der Waals surface area (Å²) in [6.45, 7) is 12.5. The summed E-state index contributed by atoms with van der Waals surface area (Å²) in [5.41, 5.74) is 0.959. The third-order valence-electron chi connectivity index (χ3n) is 6.56. The molecule has 0 spiro atoms. The van der Waals surface area contributed by atoms with Crippen LogP contribution in [0.3, 0.4) is 0 Å². The molecular weight excluding hydrogens is 366 g/mol. The number of amides is 1. The molecule has 0 aromatic carbocycles. The Morgan fingerprint density at radius 2 is 2.03 bits per heavy atom. The van der Waals surface area contributed by atoms with E-state index in [1.807, 2.05) is 19.2 Å². The Morgan fingerprint density at radius 3 is 2.69 bits per heavy atom. The number of methoxy groups -OCH3 is 1. The van der Waals surface area contributed by atoms with E-state index in [9.17, 15) is 4.79 Å². The largest absolute Gasteiger partial charge is 0.383 e. The van der Waals surface area contributed by atoms with Crippen LogP contribution in [0.4, 0.5) is 0 Å². The van der Waals surface area contributed by atoms with Crippen molar-refractivity contribution in [1.29, 1.82) is 0 Å². The number of aromatic nitrogens is 2. The van der Waals surface area contributed by atoms with Gasteiger partial charge in [-0.25, -0.2) is 0 Å². The summed E-state index contributed by atoms with van der Waals surface area (Å²) in [6.07, 6.45) is 6.69. The molecule has 2 saturated heterocycles. The topological polar surface area (TPSA) is 53.8 Å². The molecule has 0 bridgehead atoms. The molecule has 7 nitrogen and oxygen atoms in total. The highest BCUT2D eigenvalue weighted by molar-refractivity contribution is 5.76. The first-order valence-corrected chi connectivity index (χ1v) is 11.3. The molecule has 0 radical (unpaired) electrons. The molecule has 2 aliphatic heterocycles. The minimum atomic E-state index is 0.206. The van der Waals surface area contributed by atoms with Crippen molar-refractivity contribution in [2.75, 3.05) is 59.5 Å². The van der Waals surface area contributed by atoms with Gasteiger partial charge in [-0.3, -0.25) is 14.4 Å². The smallest absolute Gasteiger partial charge is 0.244 e. The summed E-state index contributed by atoms with van der Waals surface area (Å²) in [6, 6.07) is 2.47. The van der Waals surface area contributed by atoms with E-state index in [4.69, 9.17) is 4.74 Å². The Balaban J connectivity index is 1.58. The van der Waals surface area contributed by atoms with Crippen LogP contribution >= 0.6 is 0 Å². The predicted molar refractivity (Wildman–Crippen MR) is 115 cm³/mol. The van der Waals surface area contributed by atoms with Gasteiger partial charge in [-0.1, -0.05) is 6.92 Å². The second-order valence-electron chi connectivity index (χ2n) is 8.66. The fraction of sp³-hybridized carbons (Fsp3) is 0.818. The van der Waals surface area contributed by atoms with Gasteiger partial charge < -0.3 is 14.5 Å². The van der Waals surface area contributed by atoms with Crippen molar-refractivity contribution in [3.63, 3.8) is 0 Å². The van der Waals surface area contributed by atoms with E-state index in [-0.39, 0.29) is 5.91 Å². The number of likely N-dealkylation sites (N-methyl/N-ethyl adjacent to an activating group) is 1. The molecule has 0 aliphatic carbocycles. The zero-order valence-electron chi connectivity index (χ0n) is 18.6. The van der Waals surface area contributed by atoms with Crippen LogP contribution < -0.4 is 0 Å².